The van der Waals surface area contributed by atoms with Crippen molar-refractivity contribution in [3.63, 3.8) is 0 Å². The van der Waals surface area contributed by atoms with Crippen molar-refractivity contribution < 1.29 is 14.7 Å². The number of H-pyrrole nitrogens is 1. The summed E-state index contributed by atoms with van der Waals surface area (Å²) in [4.78, 5) is 31.3. The Labute approximate surface area is 117 Å². The minimum Gasteiger partial charge on any atom is -0.480 e. The number of aliphatic carboxylic acids is 1. The van der Waals surface area contributed by atoms with Crippen molar-refractivity contribution >= 4 is 12.0 Å². The van der Waals surface area contributed by atoms with E-state index in [4.69, 9.17) is 5.11 Å². The molecule has 4 N–H and O–H groups in total. The first-order valence-electron chi connectivity index (χ1n) is 6.38. The molecule has 0 spiro atoms. The van der Waals surface area contributed by atoms with E-state index < -0.39 is 18.0 Å². The van der Waals surface area contributed by atoms with Crippen molar-refractivity contribution in [3.05, 3.63) is 18.2 Å². The van der Waals surface area contributed by atoms with Gasteiger partial charge >= 0.3 is 12.0 Å². The van der Waals surface area contributed by atoms with Gasteiger partial charge in [-0.1, -0.05) is 0 Å². The molecule has 1 heterocycles. The Balaban J connectivity index is 2.34. The second-order valence-electron chi connectivity index (χ2n) is 4.73. The first-order valence-corrected chi connectivity index (χ1v) is 6.38. The Morgan fingerprint density at radius 3 is 2.80 bits per heavy atom. The number of carbonyl (C=O) groups excluding carboxylic acids is 1. The molecule has 1 aromatic rings. The average Bonchev–Trinajstić information content (AvgIpc) is 2.86. The number of urea groups is 1. The van der Waals surface area contributed by atoms with E-state index in [1.54, 1.807) is 0 Å². The summed E-state index contributed by atoms with van der Waals surface area (Å²) in [6.45, 7) is 1.36. The summed E-state index contributed by atoms with van der Waals surface area (Å²) in [5.74, 6) is -1.08. The van der Waals surface area contributed by atoms with Crippen molar-refractivity contribution in [1.82, 2.24) is 25.5 Å². The van der Waals surface area contributed by atoms with Gasteiger partial charge in [0.2, 0.25) is 0 Å². The number of rotatable bonds is 8. The number of nitrogens with one attached hydrogen (secondary N) is 3. The van der Waals surface area contributed by atoms with Crippen LogP contribution in [0.25, 0.3) is 0 Å². The zero-order valence-corrected chi connectivity index (χ0v) is 11.7. The van der Waals surface area contributed by atoms with Gasteiger partial charge in [-0.05, 0) is 27.1 Å². The number of carboxylic acid groups (broad SMARTS) is 1. The van der Waals surface area contributed by atoms with Crippen LogP contribution in [0.4, 0.5) is 4.79 Å². The number of carboxylic acids is 1. The molecule has 0 radical (unpaired) electrons. The van der Waals surface area contributed by atoms with Crippen LogP contribution in [0, 0.1) is 0 Å². The number of hydrogen-bond acceptors (Lipinski definition) is 4. The van der Waals surface area contributed by atoms with Crippen molar-refractivity contribution in [2.45, 2.75) is 18.9 Å². The van der Waals surface area contributed by atoms with Gasteiger partial charge in [0.15, 0.2) is 0 Å². The highest BCUT2D eigenvalue weighted by Gasteiger charge is 2.20. The minimum absolute atomic E-state index is 0.167. The van der Waals surface area contributed by atoms with E-state index >= 15 is 0 Å². The van der Waals surface area contributed by atoms with Gasteiger partial charge in [0.1, 0.15) is 6.04 Å². The third-order valence-corrected chi connectivity index (χ3v) is 2.65. The Morgan fingerprint density at radius 1 is 1.50 bits per heavy atom. The third kappa shape index (κ3) is 6.19. The molecule has 0 saturated heterocycles. The van der Waals surface area contributed by atoms with Crippen LogP contribution < -0.4 is 10.6 Å². The Hall–Kier alpha value is -2.09. The fourth-order valence-corrected chi connectivity index (χ4v) is 1.62. The molecule has 0 aliphatic rings. The van der Waals surface area contributed by atoms with Gasteiger partial charge in [-0.15, -0.1) is 0 Å². The van der Waals surface area contributed by atoms with Crippen molar-refractivity contribution in [3.8, 4) is 0 Å². The van der Waals surface area contributed by atoms with Gasteiger partial charge < -0.3 is 25.6 Å². The molecule has 20 heavy (non-hydrogen) atoms. The molecule has 0 fully saturated rings. The van der Waals surface area contributed by atoms with Crippen LogP contribution >= 0.6 is 0 Å². The van der Waals surface area contributed by atoms with Crippen LogP contribution in [0.5, 0.6) is 0 Å². The minimum atomic E-state index is -1.08. The summed E-state index contributed by atoms with van der Waals surface area (Å²) in [6.07, 6.45) is 3.97. The largest absolute Gasteiger partial charge is 0.480 e. The molecule has 8 heteroatoms. The number of nitrogens with zero attached hydrogens (tertiary/aromatic N) is 2. The molecule has 1 atom stereocenters. The van der Waals surface area contributed by atoms with Crippen LogP contribution in [0.15, 0.2) is 12.5 Å². The summed E-state index contributed by atoms with van der Waals surface area (Å²) in [5.41, 5.74) is 0.658. The lowest BCUT2D eigenvalue weighted by molar-refractivity contribution is -0.139. The van der Waals surface area contributed by atoms with E-state index in [9.17, 15) is 9.59 Å². The predicted molar refractivity (Wildman–Crippen MR) is 73.4 cm³/mol. The van der Waals surface area contributed by atoms with Gasteiger partial charge in [-0.25, -0.2) is 14.6 Å². The molecule has 8 nitrogen and oxygen atoms in total. The van der Waals surface area contributed by atoms with Crippen molar-refractivity contribution in [2.75, 3.05) is 27.2 Å². The van der Waals surface area contributed by atoms with Gasteiger partial charge in [-0.3, -0.25) is 0 Å². The van der Waals surface area contributed by atoms with Gasteiger partial charge in [0.25, 0.3) is 0 Å². The number of imidazole rings is 1. The molecule has 0 aliphatic heterocycles. The number of hydrogen-bond donors (Lipinski definition) is 4. The number of aromatic nitrogens is 2. The first kappa shape index (κ1) is 16.0. The lowest BCUT2D eigenvalue weighted by Crippen LogP contribution is -2.47. The number of amides is 2. The van der Waals surface area contributed by atoms with Gasteiger partial charge in [-0.2, -0.15) is 0 Å². The van der Waals surface area contributed by atoms with Gasteiger partial charge in [0.05, 0.1) is 6.33 Å². The first-order chi connectivity index (χ1) is 9.49. The van der Waals surface area contributed by atoms with E-state index in [1.807, 2.05) is 19.0 Å². The smallest absolute Gasteiger partial charge is 0.326 e. The van der Waals surface area contributed by atoms with E-state index in [0.717, 1.165) is 13.0 Å². The number of aromatic amines is 1. The summed E-state index contributed by atoms with van der Waals surface area (Å²) in [6, 6.07) is -1.46. The van der Waals surface area contributed by atoms with E-state index in [0.29, 0.717) is 12.2 Å². The maximum absolute atomic E-state index is 11.6. The van der Waals surface area contributed by atoms with Crippen molar-refractivity contribution in [2.24, 2.45) is 0 Å². The second kappa shape index (κ2) is 8.16. The monoisotopic (exact) mass is 283 g/mol. The molecular weight excluding hydrogens is 262 g/mol. The predicted octanol–water partition coefficient (Wildman–Crippen LogP) is -0.344. The van der Waals surface area contributed by atoms with Crippen LogP contribution in [0.1, 0.15) is 12.1 Å². The summed E-state index contributed by atoms with van der Waals surface area (Å²) < 4.78 is 0. The molecule has 0 saturated carbocycles. The van der Waals surface area contributed by atoms with E-state index in [-0.39, 0.29) is 6.42 Å². The zero-order chi connectivity index (χ0) is 15.0. The molecule has 112 valence electrons. The normalized spacial score (nSPS) is 12.2. The van der Waals surface area contributed by atoms with Crippen LogP contribution in [0.2, 0.25) is 0 Å². The van der Waals surface area contributed by atoms with E-state index in [2.05, 4.69) is 20.6 Å². The SMILES string of the molecule is CN(C)CCCNC(=O)N[C@H](Cc1cnc[nH]1)C(=O)O. The molecule has 2 amide bonds. The quantitative estimate of drug-likeness (QED) is 0.488. The van der Waals surface area contributed by atoms with Crippen LogP contribution in [0.3, 0.4) is 0 Å². The lowest BCUT2D eigenvalue weighted by Gasteiger charge is -2.15. The van der Waals surface area contributed by atoms with E-state index in [1.165, 1.54) is 12.5 Å². The highest BCUT2D eigenvalue weighted by Crippen LogP contribution is 1.98. The molecular formula is C12H21N5O3. The summed E-state index contributed by atoms with van der Waals surface area (Å²) in [5, 5.41) is 14.2. The van der Waals surface area contributed by atoms with Crippen molar-refractivity contribution in [1.29, 1.82) is 0 Å². The van der Waals surface area contributed by atoms with Crippen LogP contribution in [-0.4, -0.2) is 65.2 Å². The fourth-order valence-electron chi connectivity index (χ4n) is 1.62. The maximum Gasteiger partial charge on any atom is 0.326 e. The standard InChI is InChI=1S/C12H21N5O3/c1-17(2)5-3-4-14-12(20)16-10(11(18)19)6-9-7-13-8-15-9/h7-8,10H,3-6H2,1-2H3,(H,13,15)(H,18,19)(H2,14,16,20)/t10-/m1/s1. The zero-order valence-electron chi connectivity index (χ0n) is 11.7. The third-order valence-electron chi connectivity index (χ3n) is 2.65. The second-order valence-corrected chi connectivity index (χ2v) is 4.73. The average molecular weight is 283 g/mol. The molecule has 0 aromatic carbocycles. The highest BCUT2D eigenvalue weighted by molar-refractivity contribution is 5.82. The highest BCUT2D eigenvalue weighted by atomic mass is 16.4. The Morgan fingerprint density at radius 2 is 2.25 bits per heavy atom. The Bertz CT molecular complexity index is 419. The summed E-state index contributed by atoms with van der Waals surface area (Å²) >= 11 is 0. The number of carbonyl (C=O) groups is 2. The Kier molecular flexibility index (Phi) is 6.51. The van der Waals surface area contributed by atoms with Crippen LogP contribution in [-0.2, 0) is 11.2 Å². The fraction of sp³-hybridized carbons (Fsp3) is 0.583. The molecule has 0 unspecified atom stereocenters. The molecule has 0 bridgehead atoms. The molecule has 1 rings (SSSR count). The lowest BCUT2D eigenvalue weighted by atomic mass is 10.2. The topological polar surface area (TPSA) is 110 Å². The van der Waals surface area contributed by atoms with Gasteiger partial charge in [0, 0.05) is 24.9 Å². The molecule has 1 aromatic heterocycles. The molecule has 0 aliphatic carbocycles. The maximum atomic E-state index is 11.6. The summed E-state index contributed by atoms with van der Waals surface area (Å²) in [7, 11) is 3.90.